The number of aliphatic hydroxyl groups is 1. The van der Waals surface area contributed by atoms with E-state index in [2.05, 4.69) is 11.4 Å². The maximum Gasteiger partial charge on any atom is 0.0991 e. The van der Waals surface area contributed by atoms with Gasteiger partial charge in [-0.2, -0.15) is 17.0 Å². The lowest BCUT2D eigenvalue weighted by Gasteiger charge is -2.22. The first kappa shape index (κ1) is 14.4. The number of benzene rings is 1. The highest BCUT2D eigenvalue weighted by Crippen LogP contribution is 2.22. The van der Waals surface area contributed by atoms with Gasteiger partial charge in [0, 0.05) is 6.54 Å². The lowest BCUT2D eigenvalue weighted by atomic mass is 10.0. The summed E-state index contributed by atoms with van der Waals surface area (Å²) >= 11 is 2.04. The topological polar surface area (TPSA) is 56.0 Å². The van der Waals surface area contributed by atoms with E-state index in [9.17, 15) is 5.11 Å². The highest BCUT2D eigenvalue weighted by molar-refractivity contribution is 7.99. The second kappa shape index (κ2) is 7.54. The van der Waals surface area contributed by atoms with Gasteiger partial charge in [0.2, 0.25) is 0 Å². The van der Waals surface area contributed by atoms with Crippen molar-refractivity contribution in [3.05, 3.63) is 35.4 Å². The van der Waals surface area contributed by atoms with Crippen molar-refractivity contribution in [2.24, 2.45) is 5.92 Å². The second-order valence-corrected chi connectivity index (χ2v) is 6.19. The molecule has 0 saturated carbocycles. The van der Waals surface area contributed by atoms with Gasteiger partial charge in [-0.3, -0.25) is 0 Å². The van der Waals surface area contributed by atoms with Gasteiger partial charge in [-0.15, -0.1) is 0 Å². The van der Waals surface area contributed by atoms with Gasteiger partial charge in [0.1, 0.15) is 0 Å². The molecule has 0 aromatic heterocycles. The molecule has 102 valence electrons. The molecule has 1 fully saturated rings. The van der Waals surface area contributed by atoms with Crippen LogP contribution in [0.5, 0.6) is 0 Å². The Labute approximate surface area is 119 Å². The molecule has 1 unspecified atom stereocenters. The zero-order valence-corrected chi connectivity index (χ0v) is 11.8. The van der Waals surface area contributed by atoms with Crippen molar-refractivity contribution < 1.29 is 5.11 Å². The van der Waals surface area contributed by atoms with Crippen LogP contribution in [0, 0.1) is 17.2 Å². The predicted octanol–water partition coefficient (Wildman–Crippen LogP) is 2.32. The number of nitrogens with one attached hydrogen (secondary N) is 1. The summed E-state index contributed by atoms with van der Waals surface area (Å²) in [6, 6.07) is 9.22. The summed E-state index contributed by atoms with van der Waals surface area (Å²) in [5.74, 6) is 3.30. The third-order valence-electron chi connectivity index (χ3n) is 3.54. The standard InChI is InChI=1S/C15H20N2OS/c16-9-12-1-3-14(4-2-12)15(18)11-17-10-13-5-7-19-8-6-13/h1-4,13,15,17-18H,5-8,10-11H2. The van der Waals surface area contributed by atoms with E-state index in [-0.39, 0.29) is 0 Å². The van der Waals surface area contributed by atoms with Crippen LogP contribution in [0.2, 0.25) is 0 Å². The van der Waals surface area contributed by atoms with Crippen molar-refractivity contribution in [3.63, 3.8) is 0 Å². The Morgan fingerprint density at radius 3 is 2.63 bits per heavy atom. The fourth-order valence-corrected chi connectivity index (χ4v) is 3.48. The van der Waals surface area contributed by atoms with Crippen LogP contribution in [0.1, 0.15) is 30.1 Å². The minimum Gasteiger partial charge on any atom is -0.387 e. The maximum absolute atomic E-state index is 10.1. The van der Waals surface area contributed by atoms with Gasteiger partial charge >= 0.3 is 0 Å². The summed E-state index contributed by atoms with van der Waals surface area (Å²) < 4.78 is 0. The quantitative estimate of drug-likeness (QED) is 0.866. The first-order valence-electron chi connectivity index (χ1n) is 6.76. The smallest absolute Gasteiger partial charge is 0.0991 e. The molecular formula is C15H20N2OS. The molecule has 0 radical (unpaired) electrons. The number of thioether (sulfide) groups is 1. The van der Waals surface area contributed by atoms with E-state index in [1.165, 1.54) is 24.3 Å². The third kappa shape index (κ3) is 4.54. The molecule has 1 saturated heterocycles. The van der Waals surface area contributed by atoms with Crippen LogP contribution >= 0.6 is 11.8 Å². The van der Waals surface area contributed by atoms with Gasteiger partial charge in [0.05, 0.1) is 17.7 Å². The number of nitriles is 1. The van der Waals surface area contributed by atoms with Crippen LogP contribution in [0.4, 0.5) is 0 Å². The van der Waals surface area contributed by atoms with Gasteiger partial charge in [0.15, 0.2) is 0 Å². The Kier molecular flexibility index (Phi) is 5.71. The van der Waals surface area contributed by atoms with Gasteiger partial charge in [0.25, 0.3) is 0 Å². The summed E-state index contributed by atoms with van der Waals surface area (Å²) in [6.07, 6.45) is 2.07. The van der Waals surface area contributed by atoms with E-state index >= 15 is 0 Å². The molecule has 3 nitrogen and oxygen atoms in total. The number of rotatable bonds is 5. The normalized spacial score (nSPS) is 17.9. The Bertz CT molecular complexity index is 421. The van der Waals surface area contributed by atoms with Crippen molar-refractivity contribution >= 4 is 11.8 Å². The molecule has 0 amide bonds. The molecule has 2 rings (SSSR count). The predicted molar refractivity (Wildman–Crippen MR) is 79.0 cm³/mol. The average molecular weight is 276 g/mol. The fraction of sp³-hybridized carbons (Fsp3) is 0.533. The minimum absolute atomic E-state index is 0.495. The highest BCUT2D eigenvalue weighted by atomic mass is 32.2. The first-order valence-corrected chi connectivity index (χ1v) is 7.91. The van der Waals surface area contributed by atoms with Crippen LogP contribution in [0.15, 0.2) is 24.3 Å². The molecule has 1 atom stereocenters. The number of hydrogen-bond donors (Lipinski definition) is 2. The van der Waals surface area contributed by atoms with Gasteiger partial charge in [-0.1, -0.05) is 12.1 Å². The lowest BCUT2D eigenvalue weighted by molar-refractivity contribution is 0.172. The maximum atomic E-state index is 10.1. The van der Waals surface area contributed by atoms with E-state index in [0.29, 0.717) is 12.1 Å². The van der Waals surface area contributed by atoms with Crippen LogP contribution < -0.4 is 5.32 Å². The Morgan fingerprint density at radius 1 is 1.32 bits per heavy atom. The highest BCUT2D eigenvalue weighted by Gasteiger charge is 2.14. The molecule has 2 N–H and O–H groups in total. The molecule has 19 heavy (non-hydrogen) atoms. The molecule has 0 aliphatic carbocycles. The molecule has 1 aromatic carbocycles. The molecule has 1 aromatic rings. The van der Waals surface area contributed by atoms with Crippen molar-refractivity contribution in [1.82, 2.24) is 5.32 Å². The average Bonchev–Trinajstić information content (AvgIpc) is 2.48. The number of nitrogens with zero attached hydrogens (tertiary/aromatic N) is 1. The first-order chi connectivity index (χ1) is 9.29. The van der Waals surface area contributed by atoms with Gasteiger partial charge in [-0.25, -0.2) is 0 Å². The molecular weight excluding hydrogens is 256 g/mol. The zero-order valence-electron chi connectivity index (χ0n) is 11.0. The van der Waals surface area contributed by atoms with Crippen LogP contribution in [0.3, 0.4) is 0 Å². The minimum atomic E-state index is -0.495. The van der Waals surface area contributed by atoms with Crippen molar-refractivity contribution in [2.75, 3.05) is 24.6 Å². The van der Waals surface area contributed by atoms with E-state index in [1.54, 1.807) is 12.1 Å². The summed E-state index contributed by atoms with van der Waals surface area (Å²) in [4.78, 5) is 0. The molecule has 0 bridgehead atoms. The van der Waals surface area contributed by atoms with Crippen molar-refractivity contribution in [3.8, 4) is 6.07 Å². The molecule has 4 heteroatoms. The molecule has 1 aliphatic rings. The monoisotopic (exact) mass is 276 g/mol. The van der Waals surface area contributed by atoms with Crippen LogP contribution in [-0.2, 0) is 0 Å². The van der Waals surface area contributed by atoms with Gasteiger partial charge in [-0.05, 0) is 54.5 Å². The summed E-state index contributed by atoms with van der Waals surface area (Å²) in [6.45, 7) is 1.57. The third-order valence-corrected chi connectivity index (χ3v) is 4.58. The SMILES string of the molecule is N#Cc1ccc(C(O)CNCC2CCSCC2)cc1. The summed E-state index contributed by atoms with van der Waals surface area (Å²) in [5.41, 5.74) is 1.49. The van der Waals surface area contributed by atoms with E-state index in [4.69, 9.17) is 5.26 Å². The zero-order chi connectivity index (χ0) is 13.5. The number of hydrogen-bond acceptors (Lipinski definition) is 4. The Hall–Kier alpha value is -1.02. The van der Waals surface area contributed by atoms with Crippen LogP contribution in [0.25, 0.3) is 0 Å². The fourth-order valence-electron chi connectivity index (χ4n) is 2.27. The summed E-state index contributed by atoms with van der Waals surface area (Å²) in [7, 11) is 0. The molecule has 1 aliphatic heterocycles. The van der Waals surface area contributed by atoms with Crippen molar-refractivity contribution in [1.29, 1.82) is 5.26 Å². The van der Waals surface area contributed by atoms with E-state index < -0.39 is 6.10 Å². The van der Waals surface area contributed by atoms with Crippen LogP contribution in [-0.4, -0.2) is 29.7 Å². The number of aliphatic hydroxyl groups excluding tert-OH is 1. The van der Waals surface area contributed by atoms with Crippen molar-refractivity contribution in [2.45, 2.75) is 18.9 Å². The van der Waals surface area contributed by atoms with E-state index in [0.717, 1.165) is 18.0 Å². The largest absolute Gasteiger partial charge is 0.387 e. The molecule has 1 heterocycles. The second-order valence-electron chi connectivity index (χ2n) is 4.96. The van der Waals surface area contributed by atoms with Gasteiger partial charge < -0.3 is 10.4 Å². The molecule has 0 spiro atoms. The summed E-state index contributed by atoms with van der Waals surface area (Å²) in [5, 5.41) is 22.1. The lowest BCUT2D eigenvalue weighted by Crippen LogP contribution is -2.29. The Balaban J connectivity index is 1.73. The Morgan fingerprint density at radius 2 is 2.00 bits per heavy atom. The van der Waals surface area contributed by atoms with E-state index in [1.807, 2.05) is 23.9 Å².